The number of nitrogens with zero attached hydrogens (tertiary/aromatic N) is 1. The lowest BCUT2D eigenvalue weighted by molar-refractivity contribution is 0.0508. The van der Waals surface area contributed by atoms with E-state index in [9.17, 15) is 4.79 Å². The van der Waals surface area contributed by atoms with E-state index in [1.807, 2.05) is 12.1 Å². The third kappa shape index (κ3) is 2.24. The second kappa shape index (κ2) is 4.94. The van der Waals surface area contributed by atoms with Crippen molar-refractivity contribution in [2.24, 2.45) is 21.9 Å². The van der Waals surface area contributed by atoms with Crippen molar-refractivity contribution in [2.75, 3.05) is 0 Å². The molecule has 0 heterocycles. The molecule has 2 saturated carbocycles. The molecule has 0 unspecified atom stereocenters. The molecule has 112 valence electrons. The molecule has 0 spiro atoms. The zero-order valence-corrected chi connectivity index (χ0v) is 14.2. The maximum absolute atomic E-state index is 12.0. The third-order valence-corrected chi connectivity index (χ3v) is 6.36. The molecular weight excluding hydrogens is 330 g/mol. The van der Waals surface area contributed by atoms with Crippen molar-refractivity contribution >= 4 is 27.6 Å². The summed E-state index contributed by atoms with van der Waals surface area (Å²) in [5.41, 5.74) is 1.89. The first-order chi connectivity index (χ1) is 9.84. The normalized spacial score (nSPS) is 31.6. The minimum Gasteiger partial charge on any atom is -0.313 e. The molecule has 1 aromatic carbocycles. The molecule has 0 amide bonds. The summed E-state index contributed by atoms with van der Waals surface area (Å²) in [6.45, 7) is 6.87. The van der Waals surface area contributed by atoms with E-state index in [0.717, 1.165) is 23.0 Å². The van der Waals surface area contributed by atoms with E-state index in [2.05, 4.69) is 41.9 Å². The molecule has 0 aromatic heterocycles. The number of halogens is 1. The Morgan fingerprint density at radius 1 is 1.29 bits per heavy atom. The molecule has 0 radical (unpaired) electrons. The highest BCUT2D eigenvalue weighted by Crippen LogP contribution is 2.63. The Kier molecular flexibility index (Phi) is 3.47. The largest absolute Gasteiger partial charge is 0.365 e. The molecule has 2 aliphatic carbocycles. The van der Waals surface area contributed by atoms with Crippen LogP contribution in [0.5, 0.6) is 0 Å². The Balaban J connectivity index is 1.76. The van der Waals surface area contributed by atoms with Crippen LogP contribution in [-0.4, -0.2) is 11.7 Å². The SMILES string of the molecule is CC1(C)[C@@H]2CC[C@]1(C)C(=NOC(=O)c1ccc(Br)cc1)C2. The van der Waals surface area contributed by atoms with E-state index in [0.29, 0.717) is 11.5 Å². The Labute approximate surface area is 133 Å². The van der Waals surface area contributed by atoms with Crippen molar-refractivity contribution in [3.05, 3.63) is 34.3 Å². The predicted octanol–water partition coefficient (Wildman–Crippen LogP) is 4.81. The van der Waals surface area contributed by atoms with Gasteiger partial charge in [-0.1, -0.05) is 41.9 Å². The zero-order valence-electron chi connectivity index (χ0n) is 12.6. The molecule has 0 aliphatic heterocycles. The first kappa shape index (κ1) is 14.8. The van der Waals surface area contributed by atoms with E-state index in [1.165, 1.54) is 6.42 Å². The van der Waals surface area contributed by atoms with Gasteiger partial charge in [0, 0.05) is 9.89 Å². The van der Waals surface area contributed by atoms with Crippen LogP contribution in [0.15, 0.2) is 33.9 Å². The van der Waals surface area contributed by atoms with Crippen molar-refractivity contribution in [3.8, 4) is 0 Å². The smallest absolute Gasteiger partial charge is 0.313 e. The van der Waals surface area contributed by atoms with E-state index in [-0.39, 0.29) is 16.8 Å². The Bertz CT molecular complexity index is 606. The van der Waals surface area contributed by atoms with Crippen LogP contribution in [0, 0.1) is 16.7 Å². The summed E-state index contributed by atoms with van der Waals surface area (Å²) in [6.07, 6.45) is 3.35. The zero-order chi connectivity index (χ0) is 15.3. The molecule has 2 aliphatic rings. The Hall–Kier alpha value is -1.16. The summed E-state index contributed by atoms with van der Waals surface area (Å²) in [7, 11) is 0. The summed E-state index contributed by atoms with van der Waals surface area (Å²) in [5.74, 6) is 0.270. The van der Waals surface area contributed by atoms with Gasteiger partial charge in [-0.15, -0.1) is 0 Å². The number of fused-ring (bicyclic) bond motifs is 2. The van der Waals surface area contributed by atoms with Crippen LogP contribution in [0.4, 0.5) is 0 Å². The maximum atomic E-state index is 12.0. The van der Waals surface area contributed by atoms with Crippen LogP contribution >= 0.6 is 15.9 Å². The van der Waals surface area contributed by atoms with Gasteiger partial charge in [-0.25, -0.2) is 4.79 Å². The average Bonchev–Trinajstić information content (AvgIpc) is 2.78. The lowest BCUT2D eigenvalue weighted by atomic mass is 9.70. The molecule has 2 bridgehead atoms. The summed E-state index contributed by atoms with van der Waals surface area (Å²) in [6, 6.07) is 7.12. The standard InChI is InChI=1S/C17H20BrNO2/c1-16(2)12-8-9-17(16,3)14(10-12)19-21-15(20)11-4-6-13(18)7-5-11/h4-7,12H,8-10H2,1-3H3/t12-,17-/m1/s1. The molecular formula is C17H20BrNO2. The van der Waals surface area contributed by atoms with Gasteiger partial charge in [0.2, 0.25) is 0 Å². The Morgan fingerprint density at radius 3 is 2.48 bits per heavy atom. The van der Waals surface area contributed by atoms with Crippen LogP contribution in [0.1, 0.15) is 50.4 Å². The van der Waals surface area contributed by atoms with Gasteiger partial charge in [-0.2, -0.15) is 0 Å². The molecule has 0 saturated heterocycles. The minimum atomic E-state index is -0.390. The van der Waals surface area contributed by atoms with Crippen molar-refractivity contribution in [3.63, 3.8) is 0 Å². The molecule has 2 atom stereocenters. The quantitative estimate of drug-likeness (QED) is 0.567. The third-order valence-electron chi connectivity index (χ3n) is 5.83. The molecule has 1 aromatic rings. The first-order valence-electron chi connectivity index (χ1n) is 7.39. The summed E-state index contributed by atoms with van der Waals surface area (Å²) in [4.78, 5) is 17.2. The van der Waals surface area contributed by atoms with Gasteiger partial charge >= 0.3 is 5.97 Å². The highest BCUT2D eigenvalue weighted by molar-refractivity contribution is 9.10. The van der Waals surface area contributed by atoms with Crippen LogP contribution in [0.25, 0.3) is 0 Å². The average molecular weight is 350 g/mol. The van der Waals surface area contributed by atoms with Crippen LogP contribution in [0.2, 0.25) is 0 Å². The van der Waals surface area contributed by atoms with Gasteiger partial charge in [0.05, 0.1) is 11.3 Å². The predicted molar refractivity (Wildman–Crippen MR) is 86.2 cm³/mol. The highest BCUT2D eigenvalue weighted by Gasteiger charge is 2.60. The van der Waals surface area contributed by atoms with E-state index >= 15 is 0 Å². The number of benzene rings is 1. The monoisotopic (exact) mass is 349 g/mol. The lowest BCUT2D eigenvalue weighted by Crippen LogP contribution is -2.32. The second-order valence-electron chi connectivity index (χ2n) is 6.92. The van der Waals surface area contributed by atoms with E-state index < -0.39 is 0 Å². The van der Waals surface area contributed by atoms with E-state index in [4.69, 9.17) is 4.84 Å². The molecule has 3 rings (SSSR count). The van der Waals surface area contributed by atoms with Gasteiger partial charge in [-0.3, -0.25) is 0 Å². The fourth-order valence-corrected chi connectivity index (χ4v) is 4.07. The number of carbonyl (C=O) groups is 1. The number of oxime groups is 1. The van der Waals surface area contributed by atoms with Gasteiger partial charge in [0.1, 0.15) is 0 Å². The fourth-order valence-electron chi connectivity index (χ4n) is 3.80. The van der Waals surface area contributed by atoms with Crippen molar-refractivity contribution in [1.29, 1.82) is 0 Å². The number of rotatable bonds is 2. The molecule has 3 nitrogen and oxygen atoms in total. The summed E-state index contributed by atoms with van der Waals surface area (Å²) in [5, 5.41) is 4.23. The fraction of sp³-hybridized carbons (Fsp3) is 0.529. The number of carbonyl (C=O) groups excluding carboxylic acids is 1. The van der Waals surface area contributed by atoms with Crippen LogP contribution < -0.4 is 0 Å². The van der Waals surface area contributed by atoms with Gasteiger partial charge in [0.25, 0.3) is 0 Å². The van der Waals surface area contributed by atoms with Crippen molar-refractivity contribution < 1.29 is 9.63 Å². The molecule has 2 fully saturated rings. The van der Waals surface area contributed by atoms with Gasteiger partial charge in [0.15, 0.2) is 0 Å². The van der Waals surface area contributed by atoms with Crippen molar-refractivity contribution in [1.82, 2.24) is 0 Å². The molecule has 4 heteroatoms. The minimum absolute atomic E-state index is 0.0671. The summed E-state index contributed by atoms with van der Waals surface area (Å²) >= 11 is 3.35. The van der Waals surface area contributed by atoms with E-state index in [1.54, 1.807) is 12.1 Å². The topological polar surface area (TPSA) is 38.7 Å². The maximum Gasteiger partial charge on any atom is 0.365 e. The molecule has 21 heavy (non-hydrogen) atoms. The lowest BCUT2D eigenvalue weighted by Gasteiger charge is -2.34. The van der Waals surface area contributed by atoms with Crippen LogP contribution in [0.3, 0.4) is 0 Å². The highest BCUT2D eigenvalue weighted by atomic mass is 79.9. The number of hydrogen-bond donors (Lipinski definition) is 0. The van der Waals surface area contributed by atoms with Crippen molar-refractivity contribution in [2.45, 2.75) is 40.0 Å². The van der Waals surface area contributed by atoms with Crippen LogP contribution in [-0.2, 0) is 4.84 Å². The Morgan fingerprint density at radius 2 is 1.95 bits per heavy atom. The summed E-state index contributed by atoms with van der Waals surface area (Å²) < 4.78 is 0.938. The van der Waals surface area contributed by atoms with Gasteiger partial charge < -0.3 is 4.84 Å². The molecule has 0 N–H and O–H groups in total. The van der Waals surface area contributed by atoms with Gasteiger partial charge in [-0.05, 0) is 54.9 Å². The second-order valence-corrected chi connectivity index (χ2v) is 7.83. The number of hydrogen-bond acceptors (Lipinski definition) is 3. The first-order valence-corrected chi connectivity index (χ1v) is 8.18.